The van der Waals surface area contributed by atoms with Gasteiger partial charge in [-0.05, 0) is 30.2 Å². The number of hydrogen-bond donors (Lipinski definition) is 2. The van der Waals surface area contributed by atoms with Crippen molar-refractivity contribution in [3.63, 3.8) is 0 Å². The van der Waals surface area contributed by atoms with Crippen LogP contribution in [-0.4, -0.2) is 28.8 Å². The van der Waals surface area contributed by atoms with E-state index in [4.69, 9.17) is 9.47 Å². The van der Waals surface area contributed by atoms with Gasteiger partial charge >= 0.3 is 0 Å². The van der Waals surface area contributed by atoms with Crippen LogP contribution < -0.4 is 20.1 Å². The van der Waals surface area contributed by atoms with Crippen molar-refractivity contribution in [2.24, 2.45) is 4.99 Å². The van der Waals surface area contributed by atoms with E-state index in [2.05, 4.69) is 49.4 Å². The Balaban J connectivity index is 1.39. The number of aliphatic imine (C=N–C) groups is 1. The smallest absolute Gasteiger partial charge is 0.231 e. The summed E-state index contributed by atoms with van der Waals surface area (Å²) < 4.78 is 12.9. The average molecular weight is 391 g/mol. The van der Waals surface area contributed by atoms with Gasteiger partial charge in [0, 0.05) is 25.5 Å². The first-order chi connectivity index (χ1) is 14.3. The minimum Gasteiger partial charge on any atom is -0.454 e. The summed E-state index contributed by atoms with van der Waals surface area (Å²) in [5, 5.41) is 6.65. The zero-order valence-electron chi connectivity index (χ0n) is 16.5. The van der Waals surface area contributed by atoms with E-state index < -0.39 is 0 Å². The molecule has 0 spiro atoms. The molecule has 0 aliphatic carbocycles. The van der Waals surface area contributed by atoms with Gasteiger partial charge in [-0.15, -0.1) is 0 Å². The maximum atomic E-state index is 5.44. The lowest BCUT2D eigenvalue weighted by Gasteiger charge is -2.13. The quantitative estimate of drug-likeness (QED) is 0.479. The maximum absolute atomic E-state index is 5.44. The standard InChI is InChI=1S/C22H25N5O2/c1-2-23-22(25-13-18-8-9-19-20(12-18)29-16-28-19)26-14-21-24-10-11-27(21)15-17-6-4-3-5-7-17/h3-12H,2,13-16H2,1H3,(H2,23,25,26). The molecule has 4 rings (SSSR count). The first-order valence-corrected chi connectivity index (χ1v) is 9.76. The predicted octanol–water partition coefficient (Wildman–Crippen LogP) is 2.92. The van der Waals surface area contributed by atoms with Crippen molar-refractivity contribution < 1.29 is 9.47 Å². The summed E-state index contributed by atoms with van der Waals surface area (Å²) in [7, 11) is 0. The van der Waals surface area contributed by atoms with E-state index in [1.54, 1.807) is 0 Å². The Morgan fingerprint density at radius 2 is 1.93 bits per heavy atom. The molecule has 150 valence electrons. The number of nitrogens with one attached hydrogen (secondary N) is 2. The molecule has 0 saturated heterocycles. The van der Waals surface area contributed by atoms with Crippen molar-refractivity contribution in [3.05, 3.63) is 77.9 Å². The fraction of sp³-hybridized carbons (Fsp3) is 0.273. The normalized spacial score (nSPS) is 12.8. The summed E-state index contributed by atoms with van der Waals surface area (Å²) in [4.78, 5) is 9.17. The first-order valence-electron chi connectivity index (χ1n) is 9.76. The third-order valence-corrected chi connectivity index (χ3v) is 4.61. The second-order valence-electron chi connectivity index (χ2n) is 6.69. The molecule has 2 N–H and O–H groups in total. The largest absolute Gasteiger partial charge is 0.454 e. The van der Waals surface area contributed by atoms with Crippen LogP contribution in [0.4, 0.5) is 0 Å². The van der Waals surface area contributed by atoms with Gasteiger partial charge in [-0.3, -0.25) is 0 Å². The third kappa shape index (κ3) is 4.87. The number of nitrogens with zero attached hydrogens (tertiary/aromatic N) is 3. The molecule has 0 saturated carbocycles. The van der Waals surface area contributed by atoms with Gasteiger partial charge in [0.05, 0.1) is 13.1 Å². The predicted molar refractivity (Wildman–Crippen MR) is 112 cm³/mol. The second-order valence-corrected chi connectivity index (χ2v) is 6.69. The molecule has 2 aromatic carbocycles. The lowest BCUT2D eigenvalue weighted by atomic mass is 10.2. The number of imidazole rings is 1. The highest BCUT2D eigenvalue weighted by Crippen LogP contribution is 2.32. The van der Waals surface area contributed by atoms with Gasteiger partial charge in [-0.2, -0.15) is 0 Å². The molecular formula is C22H25N5O2. The van der Waals surface area contributed by atoms with E-state index in [1.807, 2.05) is 43.6 Å². The van der Waals surface area contributed by atoms with Gasteiger partial charge in [-0.25, -0.2) is 9.98 Å². The van der Waals surface area contributed by atoms with Crippen LogP contribution >= 0.6 is 0 Å². The molecule has 0 unspecified atom stereocenters. The Hall–Kier alpha value is -3.48. The average Bonchev–Trinajstić information content (AvgIpc) is 3.39. The summed E-state index contributed by atoms with van der Waals surface area (Å²) in [5.41, 5.74) is 2.31. The Morgan fingerprint density at radius 1 is 1.07 bits per heavy atom. The van der Waals surface area contributed by atoms with Crippen LogP contribution in [0.5, 0.6) is 11.5 Å². The van der Waals surface area contributed by atoms with Crippen LogP contribution in [0.3, 0.4) is 0 Å². The molecule has 1 aromatic heterocycles. The molecule has 0 atom stereocenters. The molecule has 0 radical (unpaired) electrons. The number of rotatable bonds is 7. The minimum absolute atomic E-state index is 0.280. The maximum Gasteiger partial charge on any atom is 0.231 e. The zero-order chi connectivity index (χ0) is 19.9. The molecule has 3 aromatic rings. The summed E-state index contributed by atoms with van der Waals surface area (Å²) in [6.07, 6.45) is 3.83. The highest BCUT2D eigenvalue weighted by Gasteiger charge is 2.13. The molecule has 7 heteroatoms. The van der Waals surface area contributed by atoms with E-state index in [-0.39, 0.29) is 6.79 Å². The van der Waals surface area contributed by atoms with Crippen molar-refractivity contribution in [1.29, 1.82) is 0 Å². The number of guanidine groups is 1. The minimum atomic E-state index is 0.280. The number of ether oxygens (including phenoxy) is 2. The Morgan fingerprint density at radius 3 is 2.79 bits per heavy atom. The highest BCUT2D eigenvalue weighted by molar-refractivity contribution is 5.79. The summed E-state index contributed by atoms with van der Waals surface area (Å²) >= 11 is 0. The van der Waals surface area contributed by atoms with Crippen molar-refractivity contribution in [1.82, 2.24) is 20.2 Å². The fourth-order valence-electron chi connectivity index (χ4n) is 3.15. The van der Waals surface area contributed by atoms with E-state index in [0.717, 1.165) is 41.9 Å². The number of fused-ring (bicyclic) bond motifs is 1. The van der Waals surface area contributed by atoms with Gasteiger partial charge in [0.1, 0.15) is 5.82 Å². The lowest BCUT2D eigenvalue weighted by Crippen LogP contribution is -2.37. The fourth-order valence-corrected chi connectivity index (χ4v) is 3.15. The van der Waals surface area contributed by atoms with E-state index in [1.165, 1.54) is 5.56 Å². The summed E-state index contributed by atoms with van der Waals surface area (Å²) in [6, 6.07) is 16.3. The molecular weight excluding hydrogens is 366 g/mol. The number of aromatic nitrogens is 2. The third-order valence-electron chi connectivity index (χ3n) is 4.61. The summed E-state index contributed by atoms with van der Waals surface area (Å²) in [6.45, 7) is 5.04. The molecule has 1 aliphatic heterocycles. The Labute approximate surface area is 170 Å². The van der Waals surface area contributed by atoms with E-state index >= 15 is 0 Å². The molecule has 7 nitrogen and oxygen atoms in total. The number of benzene rings is 2. The molecule has 2 heterocycles. The molecule has 29 heavy (non-hydrogen) atoms. The molecule has 0 fully saturated rings. The molecule has 0 amide bonds. The van der Waals surface area contributed by atoms with Crippen molar-refractivity contribution in [3.8, 4) is 11.5 Å². The Bertz CT molecular complexity index is 968. The Kier molecular flexibility index (Phi) is 5.95. The van der Waals surface area contributed by atoms with Crippen molar-refractivity contribution in [2.75, 3.05) is 13.3 Å². The van der Waals surface area contributed by atoms with Gasteiger partial charge in [0.25, 0.3) is 0 Å². The van der Waals surface area contributed by atoms with Crippen LogP contribution in [0.2, 0.25) is 0 Å². The van der Waals surface area contributed by atoms with Gasteiger partial charge in [0.15, 0.2) is 17.5 Å². The van der Waals surface area contributed by atoms with Gasteiger partial charge in [0.2, 0.25) is 6.79 Å². The van der Waals surface area contributed by atoms with E-state index in [9.17, 15) is 0 Å². The molecule has 0 bridgehead atoms. The van der Waals surface area contributed by atoms with Crippen LogP contribution in [0.15, 0.2) is 65.9 Å². The lowest BCUT2D eigenvalue weighted by molar-refractivity contribution is 0.174. The summed E-state index contributed by atoms with van der Waals surface area (Å²) in [5.74, 6) is 3.27. The first kappa shape index (κ1) is 18.9. The monoisotopic (exact) mass is 391 g/mol. The van der Waals surface area contributed by atoms with Crippen molar-refractivity contribution >= 4 is 5.96 Å². The van der Waals surface area contributed by atoms with Crippen LogP contribution in [-0.2, 0) is 19.6 Å². The SMILES string of the molecule is CCNC(=NCc1ccc2c(c1)OCO2)NCc1nccn1Cc1ccccc1. The van der Waals surface area contributed by atoms with Gasteiger partial charge in [-0.1, -0.05) is 36.4 Å². The topological polar surface area (TPSA) is 72.7 Å². The number of hydrogen-bond acceptors (Lipinski definition) is 4. The molecule has 1 aliphatic rings. The highest BCUT2D eigenvalue weighted by atomic mass is 16.7. The van der Waals surface area contributed by atoms with Crippen LogP contribution in [0.25, 0.3) is 0 Å². The van der Waals surface area contributed by atoms with Crippen LogP contribution in [0.1, 0.15) is 23.9 Å². The van der Waals surface area contributed by atoms with Gasteiger partial charge < -0.3 is 24.7 Å². The van der Waals surface area contributed by atoms with Crippen LogP contribution in [0, 0.1) is 0 Å². The second kappa shape index (κ2) is 9.14. The van der Waals surface area contributed by atoms with Crippen molar-refractivity contribution in [2.45, 2.75) is 26.6 Å². The van der Waals surface area contributed by atoms with E-state index in [0.29, 0.717) is 13.1 Å². The zero-order valence-corrected chi connectivity index (χ0v) is 16.5.